The van der Waals surface area contributed by atoms with E-state index in [2.05, 4.69) is 12.2 Å². The Labute approximate surface area is 122 Å². The van der Waals surface area contributed by atoms with Gasteiger partial charge in [-0.15, -0.1) is 0 Å². The summed E-state index contributed by atoms with van der Waals surface area (Å²) in [7, 11) is 0. The smallest absolute Gasteiger partial charge is 0.162 e. The summed E-state index contributed by atoms with van der Waals surface area (Å²) in [6.07, 6.45) is 6.34. The Bertz CT molecular complexity index is 479. The Morgan fingerprint density at radius 2 is 2.00 bits per heavy atom. The van der Waals surface area contributed by atoms with Gasteiger partial charge in [0, 0.05) is 23.7 Å². The number of fused-ring (bicyclic) bond motifs is 2. The number of rotatable bonds is 5. The van der Waals surface area contributed by atoms with Crippen LogP contribution in [0.5, 0.6) is 0 Å². The summed E-state index contributed by atoms with van der Waals surface area (Å²) >= 11 is 0. The topological polar surface area (TPSA) is 29.1 Å². The second-order valence-electron chi connectivity index (χ2n) is 6.63. The van der Waals surface area contributed by atoms with Gasteiger partial charge in [-0.05, 0) is 68.2 Å². The fraction of sp³-hybridized carbons (Fsp3) is 0.611. The van der Waals surface area contributed by atoms with Gasteiger partial charge in [0.05, 0.1) is 0 Å². The van der Waals surface area contributed by atoms with Gasteiger partial charge in [-0.1, -0.05) is 13.3 Å². The number of ketones is 1. The summed E-state index contributed by atoms with van der Waals surface area (Å²) in [6.45, 7) is 4.22. The maximum atomic E-state index is 11.6. The van der Waals surface area contributed by atoms with E-state index < -0.39 is 0 Å². The molecule has 108 valence electrons. The normalized spacial score (nSPS) is 29.4. The van der Waals surface area contributed by atoms with Crippen LogP contribution in [0.4, 0.5) is 5.69 Å². The van der Waals surface area contributed by atoms with Crippen molar-refractivity contribution in [2.24, 2.45) is 17.8 Å². The minimum absolute atomic E-state index is 0.220. The minimum Gasteiger partial charge on any atom is -0.382 e. The zero-order valence-electron chi connectivity index (χ0n) is 12.6. The maximum Gasteiger partial charge on any atom is 0.162 e. The van der Waals surface area contributed by atoms with Crippen molar-refractivity contribution in [3.8, 4) is 0 Å². The van der Waals surface area contributed by atoms with E-state index in [4.69, 9.17) is 0 Å². The number of carbonyl (C=O) groups is 1. The fourth-order valence-corrected chi connectivity index (χ4v) is 4.23. The van der Waals surface area contributed by atoms with Crippen LogP contribution in [-0.2, 0) is 0 Å². The number of benzene rings is 1. The van der Waals surface area contributed by atoms with Gasteiger partial charge >= 0.3 is 0 Å². The zero-order chi connectivity index (χ0) is 14.1. The molecular weight excluding hydrogens is 246 g/mol. The molecule has 4 unspecified atom stereocenters. The summed E-state index contributed by atoms with van der Waals surface area (Å²) in [5.74, 6) is 3.01. The van der Waals surface area contributed by atoms with E-state index in [1.165, 1.54) is 25.7 Å². The van der Waals surface area contributed by atoms with Crippen LogP contribution in [0.3, 0.4) is 0 Å². The lowest BCUT2D eigenvalue weighted by atomic mass is 9.84. The van der Waals surface area contributed by atoms with Crippen LogP contribution in [0, 0.1) is 17.8 Å². The van der Waals surface area contributed by atoms with E-state index in [1.807, 2.05) is 31.2 Å². The first-order valence-corrected chi connectivity index (χ1v) is 8.07. The molecule has 2 aliphatic rings. The van der Waals surface area contributed by atoms with Gasteiger partial charge in [-0.2, -0.15) is 0 Å². The number of anilines is 1. The maximum absolute atomic E-state index is 11.6. The minimum atomic E-state index is 0.220. The highest BCUT2D eigenvalue weighted by Crippen LogP contribution is 2.49. The molecular formula is C18H25NO. The average molecular weight is 271 g/mol. The Kier molecular flexibility index (Phi) is 3.82. The molecule has 1 aromatic rings. The SMILES string of the molecule is CCC(=O)c1ccc(NC(C)C2CC3CCC2C3)cc1. The van der Waals surface area contributed by atoms with Crippen molar-refractivity contribution in [2.75, 3.05) is 5.32 Å². The van der Waals surface area contributed by atoms with Gasteiger partial charge in [0.25, 0.3) is 0 Å². The molecule has 2 bridgehead atoms. The molecule has 0 radical (unpaired) electrons. The molecule has 1 aromatic carbocycles. The fourth-order valence-electron chi connectivity index (χ4n) is 4.23. The molecule has 3 rings (SSSR count). The van der Waals surface area contributed by atoms with E-state index in [0.29, 0.717) is 12.5 Å². The molecule has 2 nitrogen and oxygen atoms in total. The second-order valence-corrected chi connectivity index (χ2v) is 6.63. The van der Waals surface area contributed by atoms with Gasteiger partial charge in [-0.25, -0.2) is 0 Å². The van der Waals surface area contributed by atoms with E-state index in [-0.39, 0.29) is 5.78 Å². The molecule has 0 aromatic heterocycles. The van der Waals surface area contributed by atoms with Crippen molar-refractivity contribution in [3.63, 3.8) is 0 Å². The molecule has 0 saturated heterocycles. The third-order valence-corrected chi connectivity index (χ3v) is 5.36. The van der Waals surface area contributed by atoms with Crippen LogP contribution >= 0.6 is 0 Å². The lowest BCUT2D eigenvalue weighted by molar-refractivity contribution is 0.0988. The van der Waals surface area contributed by atoms with Crippen LogP contribution < -0.4 is 5.32 Å². The van der Waals surface area contributed by atoms with Crippen molar-refractivity contribution in [3.05, 3.63) is 29.8 Å². The highest BCUT2D eigenvalue weighted by molar-refractivity contribution is 5.96. The molecule has 2 fully saturated rings. The van der Waals surface area contributed by atoms with Crippen molar-refractivity contribution < 1.29 is 4.79 Å². The van der Waals surface area contributed by atoms with E-state index in [1.54, 1.807) is 0 Å². The first-order chi connectivity index (χ1) is 9.67. The van der Waals surface area contributed by atoms with Gasteiger partial charge in [0.15, 0.2) is 5.78 Å². The Morgan fingerprint density at radius 3 is 2.55 bits per heavy atom. The average Bonchev–Trinajstić information content (AvgIpc) is 3.10. The standard InChI is InChI=1S/C18H25NO/c1-3-18(20)14-6-8-16(9-7-14)19-12(2)17-11-13-4-5-15(17)10-13/h6-9,12-13,15,17,19H,3-5,10-11H2,1-2H3. The molecule has 0 aliphatic heterocycles. The molecule has 0 spiro atoms. The third kappa shape index (κ3) is 2.61. The van der Waals surface area contributed by atoms with Gasteiger partial charge in [0.2, 0.25) is 0 Å². The van der Waals surface area contributed by atoms with Crippen LogP contribution in [-0.4, -0.2) is 11.8 Å². The zero-order valence-corrected chi connectivity index (χ0v) is 12.6. The predicted octanol–water partition coefficient (Wildman–Crippen LogP) is 4.52. The number of Topliss-reactive ketones (excluding diaryl/α,β-unsaturated/α-hetero) is 1. The number of nitrogens with one attached hydrogen (secondary N) is 1. The van der Waals surface area contributed by atoms with E-state index in [0.717, 1.165) is 29.0 Å². The van der Waals surface area contributed by atoms with Gasteiger partial charge < -0.3 is 5.32 Å². The van der Waals surface area contributed by atoms with E-state index >= 15 is 0 Å². The molecule has 2 aliphatic carbocycles. The summed E-state index contributed by atoms with van der Waals surface area (Å²) in [6, 6.07) is 8.53. The van der Waals surface area contributed by atoms with Crippen LogP contribution in [0.2, 0.25) is 0 Å². The molecule has 4 atom stereocenters. The second kappa shape index (κ2) is 5.59. The quantitative estimate of drug-likeness (QED) is 0.798. The largest absolute Gasteiger partial charge is 0.382 e. The summed E-state index contributed by atoms with van der Waals surface area (Å²) in [4.78, 5) is 11.6. The predicted molar refractivity (Wildman–Crippen MR) is 83.1 cm³/mol. The van der Waals surface area contributed by atoms with Crippen molar-refractivity contribution in [2.45, 2.75) is 52.0 Å². The Balaban J connectivity index is 1.61. The Morgan fingerprint density at radius 1 is 1.25 bits per heavy atom. The lowest BCUT2D eigenvalue weighted by Crippen LogP contribution is -2.29. The molecule has 20 heavy (non-hydrogen) atoms. The van der Waals surface area contributed by atoms with Crippen molar-refractivity contribution in [1.29, 1.82) is 0 Å². The Hall–Kier alpha value is -1.31. The molecule has 2 heteroatoms. The first kappa shape index (κ1) is 13.7. The molecule has 2 saturated carbocycles. The van der Waals surface area contributed by atoms with Crippen molar-refractivity contribution in [1.82, 2.24) is 0 Å². The monoisotopic (exact) mass is 271 g/mol. The summed E-state index contributed by atoms with van der Waals surface area (Å²) in [5, 5.41) is 3.64. The van der Waals surface area contributed by atoms with Crippen molar-refractivity contribution >= 4 is 11.5 Å². The number of carbonyl (C=O) groups excluding carboxylic acids is 1. The molecule has 1 N–H and O–H groups in total. The lowest BCUT2D eigenvalue weighted by Gasteiger charge is -2.29. The van der Waals surface area contributed by atoms with Gasteiger partial charge in [-0.3, -0.25) is 4.79 Å². The highest BCUT2D eigenvalue weighted by Gasteiger charge is 2.41. The molecule has 0 heterocycles. The third-order valence-electron chi connectivity index (χ3n) is 5.36. The number of hydrogen-bond acceptors (Lipinski definition) is 2. The molecule has 0 amide bonds. The van der Waals surface area contributed by atoms with E-state index in [9.17, 15) is 4.79 Å². The van der Waals surface area contributed by atoms with Crippen LogP contribution in [0.1, 0.15) is 56.3 Å². The highest BCUT2D eigenvalue weighted by atomic mass is 16.1. The van der Waals surface area contributed by atoms with Gasteiger partial charge in [0.1, 0.15) is 0 Å². The summed E-state index contributed by atoms with van der Waals surface area (Å²) < 4.78 is 0. The van der Waals surface area contributed by atoms with Crippen LogP contribution in [0.25, 0.3) is 0 Å². The summed E-state index contributed by atoms with van der Waals surface area (Å²) in [5.41, 5.74) is 1.97. The first-order valence-electron chi connectivity index (χ1n) is 8.07. The number of hydrogen-bond donors (Lipinski definition) is 1. The van der Waals surface area contributed by atoms with Crippen LogP contribution in [0.15, 0.2) is 24.3 Å².